The fourth-order valence-electron chi connectivity index (χ4n) is 2.22. The van der Waals surface area contributed by atoms with Crippen LogP contribution in [0.15, 0.2) is 18.2 Å². The minimum absolute atomic E-state index is 0.00274. The Morgan fingerprint density at radius 2 is 2.22 bits per heavy atom. The van der Waals surface area contributed by atoms with Crippen LogP contribution in [-0.2, 0) is 4.79 Å². The molecule has 0 bridgehead atoms. The number of carbonyl (C=O) groups excluding carboxylic acids is 1. The fourth-order valence-corrected chi connectivity index (χ4v) is 2.22. The van der Waals surface area contributed by atoms with Crippen molar-refractivity contribution in [2.75, 3.05) is 18.0 Å². The normalized spacial score (nSPS) is 19.6. The Hall–Kier alpha value is -2.04. The molecule has 5 nitrogen and oxygen atoms in total. The number of aryl methyl sites for hydroxylation is 1. The smallest absolute Gasteiger partial charge is 0.335 e. The Balaban J connectivity index is 2.33. The lowest BCUT2D eigenvalue weighted by Gasteiger charge is -2.35. The van der Waals surface area contributed by atoms with Gasteiger partial charge in [-0.1, -0.05) is 0 Å². The molecule has 1 unspecified atom stereocenters. The molecule has 1 amide bonds. The van der Waals surface area contributed by atoms with Crippen LogP contribution in [0, 0.1) is 6.92 Å². The lowest BCUT2D eigenvalue weighted by Crippen LogP contribution is -2.54. The van der Waals surface area contributed by atoms with Crippen molar-refractivity contribution < 1.29 is 14.7 Å². The van der Waals surface area contributed by atoms with Crippen molar-refractivity contribution in [3.05, 3.63) is 29.3 Å². The van der Waals surface area contributed by atoms with Gasteiger partial charge < -0.3 is 15.3 Å². The molecular weight excluding hydrogens is 232 g/mol. The molecule has 96 valence electrons. The van der Waals surface area contributed by atoms with Crippen LogP contribution in [0.5, 0.6) is 0 Å². The van der Waals surface area contributed by atoms with E-state index in [9.17, 15) is 9.59 Å². The average Bonchev–Trinajstić information content (AvgIpc) is 2.33. The molecule has 1 heterocycles. The number of hydrogen-bond donors (Lipinski definition) is 2. The van der Waals surface area contributed by atoms with Crippen LogP contribution in [-0.4, -0.2) is 36.1 Å². The van der Waals surface area contributed by atoms with Gasteiger partial charge in [0.2, 0.25) is 5.91 Å². The summed E-state index contributed by atoms with van der Waals surface area (Å²) in [6.45, 7) is 5.06. The molecule has 2 rings (SSSR count). The summed E-state index contributed by atoms with van der Waals surface area (Å²) in [5.41, 5.74) is 2.06. The topological polar surface area (TPSA) is 69.6 Å². The molecule has 1 aromatic rings. The maximum Gasteiger partial charge on any atom is 0.335 e. The second-order valence-electron chi connectivity index (χ2n) is 4.47. The van der Waals surface area contributed by atoms with Gasteiger partial charge in [-0.05, 0) is 37.6 Å². The quantitative estimate of drug-likeness (QED) is 0.819. The van der Waals surface area contributed by atoms with Crippen LogP contribution in [0.25, 0.3) is 0 Å². The van der Waals surface area contributed by atoms with Crippen LogP contribution < -0.4 is 10.2 Å². The number of anilines is 1. The Kier molecular flexibility index (Phi) is 3.23. The standard InChI is InChI=1S/C13H16N2O3/c1-8-7-10(13(17)18)3-4-11(8)15-6-5-14-12(16)9(15)2/h3-4,7,9H,5-6H2,1-2H3,(H,14,16)(H,17,18). The predicted molar refractivity (Wildman–Crippen MR) is 68.0 cm³/mol. The predicted octanol–water partition coefficient (Wildman–Crippen LogP) is 1.02. The van der Waals surface area contributed by atoms with E-state index in [1.807, 2.05) is 18.7 Å². The van der Waals surface area contributed by atoms with Gasteiger partial charge in [0, 0.05) is 18.8 Å². The minimum atomic E-state index is -0.936. The number of nitrogens with zero attached hydrogens (tertiary/aromatic N) is 1. The maximum absolute atomic E-state index is 11.6. The first-order valence-electron chi connectivity index (χ1n) is 5.89. The summed E-state index contributed by atoms with van der Waals surface area (Å²) in [5, 5.41) is 11.7. The van der Waals surface area contributed by atoms with Crippen molar-refractivity contribution in [2.24, 2.45) is 0 Å². The van der Waals surface area contributed by atoms with Gasteiger partial charge in [-0.25, -0.2) is 4.79 Å². The molecule has 1 atom stereocenters. The van der Waals surface area contributed by atoms with E-state index >= 15 is 0 Å². The Morgan fingerprint density at radius 1 is 1.50 bits per heavy atom. The summed E-state index contributed by atoms with van der Waals surface area (Å²) in [6.07, 6.45) is 0. The SMILES string of the molecule is Cc1cc(C(=O)O)ccc1N1CCNC(=O)C1C. The summed E-state index contributed by atoms with van der Waals surface area (Å²) in [4.78, 5) is 24.5. The highest BCUT2D eigenvalue weighted by Crippen LogP contribution is 2.24. The highest BCUT2D eigenvalue weighted by molar-refractivity contribution is 5.90. The third-order valence-corrected chi connectivity index (χ3v) is 3.25. The molecule has 1 aliphatic rings. The van der Waals surface area contributed by atoms with Crippen LogP contribution in [0.1, 0.15) is 22.8 Å². The molecule has 18 heavy (non-hydrogen) atoms. The van der Waals surface area contributed by atoms with Gasteiger partial charge in [-0.3, -0.25) is 4.79 Å². The zero-order valence-corrected chi connectivity index (χ0v) is 10.4. The Labute approximate surface area is 105 Å². The zero-order chi connectivity index (χ0) is 13.3. The molecule has 0 spiro atoms. The van der Waals surface area contributed by atoms with E-state index in [0.29, 0.717) is 6.54 Å². The van der Waals surface area contributed by atoms with Gasteiger partial charge >= 0.3 is 5.97 Å². The van der Waals surface area contributed by atoms with Crippen molar-refractivity contribution in [3.63, 3.8) is 0 Å². The van der Waals surface area contributed by atoms with Gasteiger partial charge in [0.25, 0.3) is 0 Å². The number of nitrogens with one attached hydrogen (secondary N) is 1. The third kappa shape index (κ3) is 2.16. The van der Waals surface area contributed by atoms with Crippen LogP contribution in [0.3, 0.4) is 0 Å². The molecule has 2 N–H and O–H groups in total. The Morgan fingerprint density at radius 3 is 2.83 bits per heavy atom. The lowest BCUT2D eigenvalue weighted by molar-refractivity contribution is -0.122. The molecule has 0 aliphatic carbocycles. The second kappa shape index (κ2) is 4.68. The molecule has 1 saturated heterocycles. The highest BCUT2D eigenvalue weighted by Gasteiger charge is 2.26. The molecule has 1 aromatic carbocycles. The van der Waals surface area contributed by atoms with Gasteiger partial charge in [-0.15, -0.1) is 0 Å². The summed E-state index contributed by atoms with van der Waals surface area (Å²) < 4.78 is 0. The van der Waals surface area contributed by atoms with E-state index in [-0.39, 0.29) is 17.5 Å². The van der Waals surface area contributed by atoms with E-state index in [1.54, 1.807) is 18.2 Å². The molecule has 5 heteroatoms. The molecule has 0 aromatic heterocycles. The minimum Gasteiger partial charge on any atom is -0.478 e. The first kappa shape index (κ1) is 12.4. The van der Waals surface area contributed by atoms with Crippen LogP contribution in [0.2, 0.25) is 0 Å². The van der Waals surface area contributed by atoms with Crippen molar-refractivity contribution in [2.45, 2.75) is 19.9 Å². The van der Waals surface area contributed by atoms with Crippen molar-refractivity contribution in [1.29, 1.82) is 0 Å². The number of rotatable bonds is 2. The molecule has 1 aliphatic heterocycles. The van der Waals surface area contributed by atoms with Crippen molar-refractivity contribution in [3.8, 4) is 0 Å². The van der Waals surface area contributed by atoms with Crippen LogP contribution in [0.4, 0.5) is 5.69 Å². The number of carboxylic acid groups (broad SMARTS) is 1. The van der Waals surface area contributed by atoms with Gasteiger partial charge in [0.1, 0.15) is 6.04 Å². The molecular formula is C13H16N2O3. The van der Waals surface area contributed by atoms with Crippen molar-refractivity contribution >= 4 is 17.6 Å². The lowest BCUT2D eigenvalue weighted by atomic mass is 10.1. The first-order chi connectivity index (χ1) is 8.50. The summed E-state index contributed by atoms with van der Waals surface area (Å²) in [5.74, 6) is -0.933. The second-order valence-corrected chi connectivity index (χ2v) is 4.47. The van der Waals surface area contributed by atoms with Gasteiger partial charge in [-0.2, -0.15) is 0 Å². The number of amides is 1. The summed E-state index contributed by atoms with van der Waals surface area (Å²) >= 11 is 0. The van der Waals surface area contributed by atoms with E-state index in [2.05, 4.69) is 5.32 Å². The first-order valence-corrected chi connectivity index (χ1v) is 5.89. The van der Waals surface area contributed by atoms with Crippen LogP contribution >= 0.6 is 0 Å². The van der Waals surface area contributed by atoms with Gasteiger partial charge in [0.05, 0.1) is 5.56 Å². The van der Waals surface area contributed by atoms with E-state index in [1.165, 1.54) is 0 Å². The zero-order valence-electron chi connectivity index (χ0n) is 10.4. The Bertz CT molecular complexity index is 499. The van der Waals surface area contributed by atoms with E-state index < -0.39 is 5.97 Å². The fraction of sp³-hybridized carbons (Fsp3) is 0.385. The maximum atomic E-state index is 11.6. The summed E-state index contributed by atoms with van der Waals surface area (Å²) in [7, 11) is 0. The molecule has 1 fully saturated rings. The summed E-state index contributed by atoms with van der Waals surface area (Å²) in [6, 6.07) is 4.75. The highest BCUT2D eigenvalue weighted by atomic mass is 16.4. The number of piperazine rings is 1. The van der Waals surface area contributed by atoms with Crippen molar-refractivity contribution in [1.82, 2.24) is 5.32 Å². The van der Waals surface area contributed by atoms with E-state index in [0.717, 1.165) is 17.8 Å². The number of hydrogen-bond acceptors (Lipinski definition) is 3. The monoisotopic (exact) mass is 248 g/mol. The van der Waals surface area contributed by atoms with Gasteiger partial charge in [0.15, 0.2) is 0 Å². The number of aromatic carboxylic acids is 1. The molecule has 0 radical (unpaired) electrons. The largest absolute Gasteiger partial charge is 0.478 e. The number of carboxylic acids is 1. The average molecular weight is 248 g/mol. The van der Waals surface area contributed by atoms with E-state index in [4.69, 9.17) is 5.11 Å². The number of carbonyl (C=O) groups is 2. The third-order valence-electron chi connectivity index (χ3n) is 3.25. The number of benzene rings is 1. The molecule has 0 saturated carbocycles.